The van der Waals surface area contributed by atoms with E-state index in [-0.39, 0.29) is 11.9 Å². The zero-order valence-corrected chi connectivity index (χ0v) is 12.0. The third kappa shape index (κ3) is 4.57. The smallest absolute Gasteiger partial charge is 0.251 e. The van der Waals surface area contributed by atoms with Gasteiger partial charge in [-0.15, -0.1) is 11.6 Å². The van der Waals surface area contributed by atoms with Crippen molar-refractivity contribution in [2.75, 3.05) is 24.9 Å². The lowest BCUT2D eigenvalue weighted by molar-refractivity contribution is 0.0938. The lowest BCUT2D eigenvalue weighted by Gasteiger charge is -2.16. The van der Waals surface area contributed by atoms with Crippen molar-refractivity contribution in [3.8, 4) is 0 Å². The van der Waals surface area contributed by atoms with Crippen molar-refractivity contribution in [1.29, 1.82) is 0 Å². The second-order valence-corrected chi connectivity index (χ2v) is 5.03. The van der Waals surface area contributed by atoms with Gasteiger partial charge in [0.1, 0.15) is 0 Å². The Labute approximate surface area is 114 Å². The van der Waals surface area contributed by atoms with Gasteiger partial charge in [-0.25, -0.2) is 0 Å². The second kappa shape index (κ2) is 7.27. The van der Waals surface area contributed by atoms with Gasteiger partial charge in [-0.2, -0.15) is 0 Å². The molecule has 1 rings (SSSR count). The number of carbonyl (C=O) groups excluding carboxylic acids is 1. The predicted octanol–water partition coefficient (Wildman–Crippen LogP) is 2.89. The van der Waals surface area contributed by atoms with Gasteiger partial charge in [0.2, 0.25) is 0 Å². The highest BCUT2D eigenvalue weighted by Gasteiger charge is 2.10. The maximum atomic E-state index is 12.0. The number of alkyl halides is 1. The van der Waals surface area contributed by atoms with E-state index in [2.05, 4.69) is 5.32 Å². The number of carbonyl (C=O) groups is 1. The highest BCUT2D eigenvalue weighted by molar-refractivity contribution is 6.17. The molecule has 18 heavy (non-hydrogen) atoms. The molecule has 1 atom stereocenters. The van der Waals surface area contributed by atoms with E-state index in [4.69, 9.17) is 11.6 Å². The first kappa shape index (κ1) is 14.8. The zero-order valence-electron chi connectivity index (χ0n) is 11.2. The average molecular weight is 269 g/mol. The summed E-state index contributed by atoms with van der Waals surface area (Å²) in [6, 6.07) is 7.75. The summed E-state index contributed by atoms with van der Waals surface area (Å²) in [5.41, 5.74) is 1.72. The molecule has 3 nitrogen and oxygen atoms in total. The fraction of sp³-hybridized carbons (Fsp3) is 0.500. The summed E-state index contributed by atoms with van der Waals surface area (Å²) in [6.45, 7) is 2.00. The van der Waals surface area contributed by atoms with Crippen LogP contribution in [0.4, 0.5) is 5.69 Å². The van der Waals surface area contributed by atoms with Gasteiger partial charge in [-0.1, -0.05) is 6.07 Å². The summed E-state index contributed by atoms with van der Waals surface area (Å²) >= 11 is 5.64. The minimum absolute atomic E-state index is 0.0271. The topological polar surface area (TPSA) is 32.3 Å². The molecule has 1 N–H and O–H groups in total. The minimum Gasteiger partial charge on any atom is -0.378 e. The summed E-state index contributed by atoms with van der Waals surface area (Å²) in [5.74, 6) is 0.608. The van der Waals surface area contributed by atoms with Crippen LogP contribution in [-0.2, 0) is 0 Å². The van der Waals surface area contributed by atoms with Crippen LogP contribution >= 0.6 is 11.6 Å². The number of hydrogen-bond acceptors (Lipinski definition) is 2. The summed E-state index contributed by atoms with van der Waals surface area (Å²) in [6.07, 6.45) is 1.82. The highest BCUT2D eigenvalue weighted by atomic mass is 35.5. The van der Waals surface area contributed by atoms with Crippen LogP contribution in [0.1, 0.15) is 30.1 Å². The molecule has 0 saturated heterocycles. The Morgan fingerprint density at radius 1 is 1.44 bits per heavy atom. The van der Waals surface area contributed by atoms with Crippen LogP contribution < -0.4 is 10.2 Å². The van der Waals surface area contributed by atoms with Crippen LogP contribution in [0.5, 0.6) is 0 Å². The van der Waals surface area contributed by atoms with E-state index >= 15 is 0 Å². The Kier molecular flexibility index (Phi) is 5.99. The average Bonchev–Trinajstić information content (AvgIpc) is 2.36. The van der Waals surface area contributed by atoms with Crippen LogP contribution in [0.25, 0.3) is 0 Å². The molecular formula is C14H21ClN2O. The van der Waals surface area contributed by atoms with Gasteiger partial charge >= 0.3 is 0 Å². The van der Waals surface area contributed by atoms with Crippen molar-refractivity contribution < 1.29 is 4.79 Å². The van der Waals surface area contributed by atoms with Crippen molar-refractivity contribution >= 4 is 23.2 Å². The Morgan fingerprint density at radius 3 is 2.78 bits per heavy atom. The number of rotatable bonds is 6. The molecule has 0 radical (unpaired) electrons. The van der Waals surface area contributed by atoms with Crippen LogP contribution in [0.3, 0.4) is 0 Å². The van der Waals surface area contributed by atoms with Crippen molar-refractivity contribution in [2.24, 2.45) is 0 Å². The first-order chi connectivity index (χ1) is 8.54. The summed E-state index contributed by atoms with van der Waals surface area (Å²) < 4.78 is 0. The Bertz CT molecular complexity index is 393. The number of hydrogen-bond donors (Lipinski definition) is 1. The number of nitrogens with one attached hydrogen (secondary N) is 1. The Hall–Kier alpha value is -1.22. The van der Waals surface area contributed by atoms with Gasteiger partial charge in [0, 0.05) is 37.3 Å². The van der Waals surface area contributed by atoms with Crippen molar-refractivity contribution in [2.45, 2.75) is 25.8 Å². The molecule has 0 aliphatic rings. The number of amides is 1. The molecule has 1 aromatic rings. The van der Waals surface area contributed by atoms with E-state index in [1.165, 1.54) is 0 Å². The Morgan fingerprint density at radius 2 is 2.17 bits per heavy atom. The molecule has 0 saturated carbocycles. The fourth-order valence-electron chi connectivity index (χ4n) is 1.69. The normalized spacial score (nSPS) is 12.0. The highest BCUT2D eigenvalue weighted by Crippen LogP contribution is 2.13. The summed E-state index contributed by atoms with van der Waals surface area (Å²) in [5, 5.41) is 2.98. The Balaban J connectivity index is 2.63. The lowest BCUT2D eigenvalue weighted by Crippen LogP contribution is -2.32. The molecule has 0 aliphatic carbocycles. The van der Waals surface area contributed by atoms with Crippen molar-refractivity contribution in [3.63, 3.8) is 0 Å². The van der Waals surface area contributed by atoms with Crippen LogP contribution in [0, 0.1) is 0 Å². The third-order valence-corrected chi connectivity index (χ3v) is 3.04. The van der Waals surface area contributed by atoms with E-state index in [1.807, 2.05) is 50.2 Å². The van der Waals surface area contributed by atoms with E-state index in [0.29, 0.717) is 11.4 Å². The quantitative estimate of drug-likeness (QED) is 0.805. The monoisotopic (exact) mass is 268 g/mol. The maximum absolute atomic E-state index is 12.0. The van der Waals surface area contributed by atoms with Gasteiger partial charge in [0.15, 0.2) is 0 Å². The van der Waals surface area contributed by atoms with E-state index < -0.39 is 0 Å². The number of halogens is 1. The van der Waals surface area contributed by atoms with Crippen LogP contribution in [0.2, 0.25) is 0 Å². The van der Waals surface area contributed by atoms with E-state index in [0.717, 1.165) is 18.5 Å². The van der Waals surface area contributed by atoms with Crippen molar-refractivity contribution in [3.05, 3.63) is 29.8 Å². The molecule has 4 heteroatoms. The SMILES string of the molecule is CC(CCCCl)NC(=O)c1cccc(N(C)C)c1. The van der Waals surface area contributed by atoms with Gasteiger partial charge in [0.05, 0.1) is 0 Å². The molecule has 1 aromatic carbocycles. The summed E-state index contributed by atoms with van der Waals surface area (Å²) in [7, 11) is 3.92. The molecule has 0 spiro atoms. The fourth-order valence-corrected chi connectivity index (χ4v) is 1.84. The van der Waals surface area contributed by atoms with Gasteiger partial charge in [-0.05, 0) is 38.0 Å². The third-order valence-electron chi connectivity index (χ3n) is 2.77. The van der Waals surface area contributed by atoms with Gasteiger partial charge in [0.25, 0.3) is 5.91 Å². The van der Waals surface area contributed by atoms with Crippen LogP contribution in [-0.4, -0.2) is 31.9 Å². The lowest BCUT2D eigenvalue weighted by atomic mass is 10.1. The first-order valence-electron chi connectivity index (χ1n) is 6.19. The maximum Gasteiger partial charge on any atom is 0.251 e. The minimum atomic E-state index is -0.0271. The molecular weight excluding hydrogens is 248 g/mol. The second-order valence-electron chi connectivity index (χ2n) is 4.65. The molecule has 0 fully saturated rings. The standard InChI is InChI=1S/C14H21ClN2O/c1-11(6-5-9-15)16-14(18)12-7-4-8-13(10-12)17(2)3/h4,7-8,10-11H,5-6,9H2,1-3H3,(H,16,18). The number of nitrogens with zero attached hydrogens (tertiary/aromatic N) is 1. The molecule has 0 aromatic heterocycles. The molecule has 0 heterocycles. The predicted molar refractivity (Wildman–Crippen MR) is 77.7 cm³/mol. The molecule has 100 valence electrons. The molecule has 0 aliphatic heterocycles. The number of benzene rings is 1. The first-order valence-corrected chi connectivity index (χ1v) is 6.72. The van der Waals surface area contributed by atoms with E-state index in [9.17, 15) is 4.79 Å². The van der Waals surface area contributed by atoms with E-state index in [1.54, 1.807) is 0 Å². The van der Waals surface area contributed by atoms with Gasteiger partial charge in [-0.3, -0.25) is 4.79 Å². The molecule has 1 unspecified atom stereocenters. The number of anilines is 1. The van der Waals surface area contributed by atoms with Crippen molar-refractivity contribution in [1.82, 2.24) is 5.32 Å². The van der Waals surface area contributed by atoms with Gasteiger partial charge < -0.3 is 10.2 Å². The summed E-state index contributed by atoms with van der Waals surface area (Å²) in [4.78, 5) is 14.0. The molecule has 0 bridgehead atoms. The van der Waals surface area contributed by atoms with Crippen LogP contribution in [0.15, 0.2) is 24.3 Å². The molecule has 1 amide bonds. The zero-order chi connectivity index (χ0) is 13.5. The largest absolute Gasteiger partial charge is 0.378 e.